The van der Waals surface area contributed by atoms with Crippen LogP contribution in [0, 0.1) is 10.1 Å². The highest BCUT2D eigenvalue weighted by atomic mass is 35.5. The zero-order valence-corrected chi connectivity index (χ0v) is 17.3. The predicted octanol–water partition coefficient (Wildman–Crippen LogP) is 4.43. The number of benzene rings is 2. The summed E-state index contributed by atoms with van der Waals surface area (Å²) in [5, 5.41) is 11.2. The Balaban J connectivity index is 1.89. The molecule has 11 heteroatoms. The highest BCUT2D eigenvalue weighted by molar-refractivity contribution is 7.99. The van der Waals surface area contributed by atoms with Crippen LogP contribution < -0.4 is 14.2 Å². The molecule has 3 rings (SSSR count). The number of nitro benzene ring substituents is 1. The first-order valence-corrected chi connectivity index (χ1v) is 9.50. The fourth-order valence-corrected chi connectivity index (χ4v) is 3.54. The van der Waals surface area contributed by atoms with Gasteiger partial charge in [-0.2, -0.15) is 9.97 Å². The third-order valence-electron chi connectivity index (χ3n) is 3.72. The van der Waals surface area contributed by atoms with Crippen molar-refractivity contribution in [1.82, 2.24) is 9.97 Å². The molecule has 0 N–H and O–H groups in total. The molecule has 0 saturated carbocycles. The lowest BCUT2D eigenvalue weighted by molar-refractivity contribution is -0.384. The number of rotatable bonds is 7. The monoisotopic (exact) mass is 447 g/mol. The van der Waals surface area contributed by atoms with Crippen LogP contribution in [0.4, 0.5) is 5.69 Å². The van der Waals surface area contributed by atoms with Crippen LogP contribution in [0.15, 0.2) is 58.6 Å². The van der Waals surface area contributed by atoms with E-state index in [1.807, 2.05) is 0 Å². The maximum absolute atomic E-state index is 12.8. The van der Waals surface area contributed by atoms with E-state index in [1.54, 1.807) is 18.2 Å². The van der Waals surface area contributed by atoms with Crippen molar-refractivity contribution in [1.29, 1.82) is 0 Å². The van der Waals surface area contributed by atoms with Crippen molar-refractivity contribution < 1.29 is 23.9 Å². The predicted molar refractivity (Wildman–Crippen MR) is 109 cm³/mol. The molecule has 0 radical (unpaired) electrons. The topological polar surface area (TPSA) is 114 Å². The number of ether oxygens (including phenoxy) is 3. The molecule has 0 saturated heterocycles. The largest absolute Gasteiger partial charge is 0.481 e. The molecular weight excluding hydrogens is 434 g/mol. The number of carbonyl (C=O) groups excluding carboxylic acids is 1. The molecule has 0 aliphatic carbocycles. The molecule has 30 heavy (non-hydrogen) atoms. The fraction of sp³-hybridized carbons (Fsp3) is 0.105. The summed E-state index contributed by atoms with van der Waals surface area (Å²) in [6, 6.07) is 11.5. The minimum absolute atomic E-state index is 0.105. The zero-order chi connectivity index (χ0) is 21.7. The lowest BCUT2D eigenvalue weighted by Crippen LogP contribution is -2.11. The number of esters is 1. The van der Waals surface area contributed by atoms with Crippen molar-refractivity contribution in [2.75, 3.05) is 14.2 Å². The molecule has 0 aliphatic rings. The van der Waals surface area contributed by atoms with Gasteiger partial charge in [0.25, 0.3) is 5.69 Å². The number of hydrogen-bond donors (Lipinski definition) is 0. The third kappa shape index (κ3) is 4.97. The molecule has 0 bridgehead atoms. The lowest BCUT2D eigenvalue weighted by atomic mass is 10.2. The van der Waals surface area contributed by atoms with Crippen LogP contribution in [-0.4, -0.2) is 35.1 Å². The van der Waals surface area contributed by atoms with Crippen LogP contribution in [0.3, 0.4) is 0 Å². The van der Waals surface area contributed by atoms with Gasteiger partial charge in [-0.15, -0.1) is 0 Å². The number of carbonyl (C=O) groups is 1. The van der Waals surface area contributed by atoms with Crippen LogP contribution >= 0.6 is 23.4 Å². The van der Waals surface area contributed by atoms with Crippen LogP contribution in [0.5, 0.6) is 17.5 Å². The molecule has 0 amide bonds. The Kier molecular flexibility index (Phi) is 6.70. The number of nitrogens with zero attached hydrogens (tertiary/aromatic N) is 3. The molecule has 0 unspecified atom stereocenters. The highest BCUT2D eigenvalue weighted by Crippen LogP contribution is 2.34. The van der Waals surface area contributed by atoms with Gasteiger partial charge in [0.15, 0.2) is 5.16 Å². The molecule has 0 aliphatic heterocycles. The second-order valence-corrected chi connectivity index (χ2v) is 7.01. The van der Waals surface area contributed by atoms with Crippen molar-refractivity contribution in [3.05, 3.63) is 69.2 Å². The second-order valence-electron chi connectivity index (χ2n) is 5.59. The Hall–Kier alpha value is -3.37. The van der Waals surface area contributed by atoms with Crippen molar-refractivity contribution >= 4 is 35.0 Å². The number of hydrogen-bond acceptors (Lipinski definition) is 9. The van der Waals surface area contributed by atoms with E-state index in [9.17, 15) is 14.9 Å². The van der Waals surface area contributed by atoms with Gasteiger partial charge in [0.1, 0.15) is 5.75 Å². The summed E-state index contributed by atoms with van der Waals surface area (Å²) in [6.07, 6.45) is 0. The van der Waals surface area contributed by atoms with E-state index in [4.69, 9.17) is 25.8 Å². The van der Waals surface area contributed by atoms with Crippen molar-refractivity contribution in [2.45, 2.75) is 10.1 Å². The number of aromatic nitrogens is 2. The van der Waals surface area contributed by atoms with Gasteiger partial charge in [-0.05, 0) is 36.0 Å². The van der Waals surface area contributed by atoms with Gasteiger partial charge in [-0.1, -0.05) is 17.7 Å². The first-order valence-electron chi connectivity index (χ1n) is 8.31. The first-order chi connectivity index (χ1) is 14.4. The number of halogens is 1. The number of non-ortho nitro benzene ring substituents is 1. The van der Waals surface area contributed by atoms with Crippen LogP contribution in [0.2, 0.25) is 5.02 Å². The molecule has 1 aromatic heterocycles. The maximum atomic E-state index is 12.8. The average Bonchev–Trinajstić information content (AvgIpc) is 2.73. The average molecular weight is 448 g/mol. The van der Waals surface area contributed by atoms with E-state index in [1.165, 1.54) is 44.6 Å². The molecule has 3 aromatic rings. The smallest absolute Gasteiger partial charge is 0.346 e. The van der Waals surface area contributed by atoms with Gasteiger partial charge in [-0.3, -0.25) is 10.1 Å². The van der Waals surface area contributed by atoms with E-state index >= 15 is 0 Å². The Morgan fingerprint density at radius 2 is 1.70 bits per heavy atom. The van der Waals surface area contributed by atoms with Crippen LogP contribution in [-0.2, 0) is 0 Å². The van der Waals surface area contributed by atoms with E-state index in [0.29, 0.717) is 16.7 Å². The Bertz CT molecular complexity index is 1070. The highest BCUT2D eigenvalue weighted by Gasteiger charge is 2.20. The van der Waals surface area contributed by atoms with Gasteiger partial charge in [0.2, 0.25) is 11.8 Å². The Morgan fingerprint density at radius 1 is 1.07 bits per heavy atom. The summed E-state index contributed by atoms with van der Waals surface area (Å²) in [7, 11) is 2.92. The van der Waals surface area contributed by atoms with Crippen LogP contribution in [0.25, 0.3) is 0 Å². The Labute approximate surface area is 180 Å². The van der Waals surface area contributed by atoms with E-state index in [-0.39, 0.29) is 27.2 Å². The minimum Gasteiger partial charge on any atom is -0.481 e. The lowest BCUT2D eigenvalue weighted by Gasteiger charge is -2.11. The normalized spacial score (nSPS) is 10.4. The van der Waals surface area contributed by atoms with Gasteiger partial charge < -0.3 is 14.2 Å². The SMILES string of the molecule is COc1cc(OC)nc(Sc2cccc(Cl)c2C(=O)Oc2ccc([N+](=O)[O-])cc2)n1. The first kappa shape index (κ1) is 21.3. The van der Waals surface area contributed by atoms with Gasteiger partial charge in [-0.25, -0.2) is 4.79 Å². The molecule has 0 fully saturated rings. The van der Waals surface area contributed by atoms with E-state index in [0.717, 1.165) is 11.8 Å². The summed E-state index contributed by atoms with van der Waals surface area (Å²) in [6.45, 7) is 0. The summed E-state index contributed by atoms with van der Waals surface area (Å²) < 4.78 is 15.6. The molecule has 9 nitrogen and oxygen atoms in total. The molecule has 154 valence electrons. The maximum Gasteiger partial charge on any atom is 0.346 e. The number of methoxy groups -OCH3 is 2. The molecule has 1 heterocycles. The van der Waals surface area contributed by atoms with Gasteiger partial charge in [0, 0.05) is 17.0 Å². The quantitative estimate of drug-likeness (QED) is 0.170. The van der Waals surface area contributed by atoms with Crippen molar-refractivity contribution in [2.24, 2.45) is 0 Å². The molecule has 2 aromatic carbocycles. The van der Waals surface area contributed by atoms with E-state index in [2.05, 4.69) is 9.97 Å². The molecule has 0 atom stereocenters. The fourth-order valence-electron chi connectivity index (χ4n) is 2.32. The second kappa shape index (κ2) is 9.42. The van der Waals surface area contributed by atoms with Gasteiger partial charge >= 0.3 is 5.97 Å². The number of nitro groups is 1. The van der Waals surface area contributed by atoms with E-state index < -0.39 is 10.9 Å². The van der Waals surface area contributed by atoms with Crippen molar-refractivity contribution in [3.8, 4) is 17.5 Å². The third-order valence-corrected chi connectivity index (χ3v) is 4.96. The minimum atomic E-state index is -0.730. The summed E-state index contributed by atoms with van der Waals surface area (Å²) in [4.78, 5) is 31.9. The Morgan fingerprint density at radius 3 is 2.27 bits per heavy atom. The summed E-state index contributed by atoms with van der Waals surface area (Å²) in [5.41, 5.74) is -0.0131. The molecular formula is C19H14ClN3O6S. The van der Waals surface area contributed by atoms with Gasteiger partial charge in [0.05, 0.1) is 35.8 Å². The summed E-state index contributed by atoms with van der Waals surface area (Å²) >= 11 is 7.32. The standard InChI is InChI=1S/C19H14ClN3O6S/c1-27-15-10-16(28-2)22-19(21-15)30-14-5-3-4-13(20)17(14)18(24)29-12-8-6-11(7-9-12)23(25)26/h3-10H,1-2H3. The zero-order valence-electron chi connectivity index (χ0n) is 15.7. The molecule has 0 spiro atoms. The van der Waals surface area contributed by atoms with Crippen LogP contribution in [0.1, 0.15) is 10.4 Å². The summed E-state index contributed by atoms with van der Waals surface area (Å²) in [5.74, 6) is -0.00430. The van der Waals surface area contributed by atoms with Crippen molar-refractivity contribution in [3.63, 3.8) is 0 Å².